The molecule has 0 spiro atoms. The van der Waals surface area contributed by atoms with E-state index in [9.17, 15) is 18.7 Å². The lowest BCUT2D eigenvalue weighted by Crippen LogP contribution is -2.30. The summed E-state index contributed by atoms with van der Waals surface area (Å²) >= 11 is 0. The van der Waals surface area contributed by atoms with E-state index in [0.29, 0.717) is 11.3 Å². The summed E-state index contributed by atoms with van der Waals surface area (Å²) in [6.45, 7) is 0.895. The SMILES string of the molecule is CC(C)n1nccc1C(=O)NCC(O)c1ccc(OC(F)F)cc1. The summed E-state index contributed by atoms with van der Waals surface area (Å²) in [6, 6.07) is 7.23. The fourth-order valence-electron chi connectivity index (χ4n) is 2.17. The van der Waals surface area contributed by atoms with Crippen LogP contribution in [-0.2, 0) is 0 Å². The van der Waals surface area contributed by atoms with Gasteiger partial charge in [0, 0.05) is 18.8 Å². The Morgan fingerprint density at radius 1 is 1.29 bits per heavy atom. The fourth-order valence-corrected chi connectivity index (χ4v) is 2.17. The largest absolute Gasteiger partial charge is 0.435 e. The maximum atomic E-state index is 12.2. The van der Waals surface area contributed by atoms with Crippen LogP contribution in [0.4, 0.5) is 8.78 Å². The van der Waals surface area contributed by atoms with Crippen molar-refractivity contribution in [2.24, 2.45) is 0 Å². The van der Waals surface area contributed by atoms with Crippen LogP contribution in [0.3, 0.4) is 0 Å². The zero-order valence-corrected chi connectivity index (χ0v) is 13.3. The molecule has 0 aliphatic carbocycles. The number of nitrogens with zero attached hydrogens (tertiary/aromatic N) is 2. The molecule has 0 fully saturated rings. The van der Waals surface area contributed by atoms with E-state index in [0.717, 1.165) is 0 Å². The number of nitrogens with one attached hydrogen (secondary N) is 1. The Balaban J connectivity index is 1.93. The lowest BCUT2D eigenvalue weighted by atomic mass is 10.1. The molecule has 1 atom stereocenters. The highest BCUT2D eigenvalue weighted by Gasteiger charge is 2.16. The van der Waals surface area contributed by atoms with Gasteiger partial charge < -0.3 is 15.2 Å². The molecular weight excluding hydrogens is 320 g/mol. The van der Waals surface area contributed by atoms with E-state index in [1.54, 1.807) is 10.7 Å². The number of hydrogen-bond acceptors (Lipinski definition) is 4. The van der Waals surface area contributed by atoms with Crippen molar-refractivity contribution in [3.63, 3.8) is 0 Å². The number of benzene rings is 1. The third kappa shape index (κ3) is 4.51. The van der Waals surface area contributed by atoms with E-state index in [1.807, 2.05) is 13.8 Å². The van der Waals surface area contributed by atoms with Gasteiger partial charge in [-0.15, -0.1) is 0 Å². The van der Waals surface area contributed by atoms with Gasteiger partial charge in [-0.1, -0.05) is 12.1 Å². The van der Waals surface area contributed by atoms with Gasteiger partial charge >= 0.3 is 6.61 Å². The number of halogens is 2. The molecular formula is C16H19F2N3O3. The predicted molar refractivity (Wildman–Crippen MR) is 83.0 cm³/mol. The average molecular weight is 339 g/mol. The van der Waals surface area contributed by atoms with Crippen molar-refractivity contribution in [1.29, 1.82) is 0 Å². The molecule has 1 aromatic heterocycles. The maximum Gasteiger partial charge on any atom is 0.387 e. The van der Waals surface area contributed by atoms with Gasteiger partial charge in [0.2, 0.25) is 0 Å². The van der Waals surface area contributed by atoms with E-state index in [-0.39, 0.29) is 24.2 Å². The molecule has 0 saturated carbocycles. The van der Waals surface area contributed by atoms with Crippen LogP contribution in [0.25, 0.3) is 0 Å². The zero-order valence-electron chi connectivity index (χ0n) is 13.3. The van der Waals surface area contributed by atoms with E-state index in [4.69, 9.17) is 0 Å². The first-order valence-electron chi connectivity index (χ1n) is 7.43. The molecule has 0 bridgehead atoms. The Labute approximate surface area is 138 Å². The van der Waals surface area contributed by atoms with Gasteiger partial charge in [0.15, 0.2) is 0 Å². The molecule has 0 saturated heterocycles. The van der Waals surface area contributed by atoms with Gasteiger partial charge in [-0.25, -0.2) is 0 Å². The summed E-state index contributed by atoms with van der Waals surface area (Å²) in [5.74, 6) is -0.344. The van der Waals surface area contributed by atoms with Crippen molar-refractivity contribution >= 4 is 5.91 Å². The lowest BCUT2D eigenvalue weighted by Gasteiger charge is -2.14. The monoisotopic (exact) mass is 339 g/mol. The zero-order chi connectivity index (χ0) is 17.7. The normalized spacial score (nSPS) is 12.5. The van der Waals surface area contributed by atoms with Crippen LogP contribution in [0.5, 0.6) is 5.75 Å². The van der Waals surface area contributed by atoms with Crippen molar-refractivity contribution in [1.82, 2.24) is 15.1 Å². The van der Waals surface area contributed by atoms with E-state index in [1.165, 1.54) is 30.5 Å². The molecule has 0 aliphatic heterocycles. The topological polar surface area (TPSA) is 76.4 Å². The predicted octanol–water partition coefficient (Wildman–Crippen LogP) is 2.53. The summed E-state index contributed by atoms with van der Waals surface area (Å²) in [6.07, 6.45) is 0.567. The molecule has 1 unspecified atom stereocenters. The molecule has 0 aliphatic rings. The van der Waals surface area contributed by atoms with Gasteiger partial charge in [-0.2, -0.15) is 13.9 Å². The van der Waals surface area contributed by atoms with Crippen LogP contribution in [0.15, 0.2) is 36.5 Å². The van der Waals surface area contributed by atoms with Crippen LogP contribution < -0.4 is 10.1 Å². The first kappa shape index (κ1) is 17.9. The summed E-state index contributed by atoms with van der Waals surface area (Å²) in [4.78, 5) is 12.2. The number of aromatic nitrogens is 2. The second-order valence-electron chi connectivity index (χ2n) is 5.43. The first-order chi connectivity index (χ1) is 11.4. The third-order valence-electron chi connectivity index (χ3n) is 3.34. The van der Waals surface area contributed by atoms with Crippen molar-refractivity contribution in [2.45, 2.75) is 32.6 Å². The molecule has 130 valence electrons. The minimum atomic E-state index is -2.90. The number of rotatable bonds is 7. The number of amides is 1. The molecule has 1 aromatic carbocycles. The Kier molecular flexibility index (Phi) is 5.86. The summed E-state index contributed by atoms with van der Waals surface area (Å²) < 4.78 is 30.0. The molecule has 1 amide bonds. The number of alkyl halides is 2. The average Bonchev–Trinajstić information content (AvgIpc) is 3.02. The number of carbonyl (C=O) groups is 1. The number of hydrogen-bond donors (Lipinski definition) is 2. The molecule has 2 rings (SSSR count). The number of aliphatic hydroxyl groups is 1. The summed E-state index contributed by atoms with van der Waals surface area (Å²) in [5, 5.41) is 16.8. The Bertz CT molecular complexity index is 671. The maximum absolute atomic E-state index is 12.2. The van der Waals surface area contributed by atoms with Crippen LogP contribution >= 0.6 is 0 Å². The van der Waals surface area contributed by atoms with Crippen LogP contribution in [-0.4, -0.2) is 34.0 Å². The number of ether oxygens (including phenoxy) is 1. The Morgan fingerprint density at radius 2 is 1.96 bits per heavy atom. The van der Waals surface area contributed by atoms with Gasteiger partial charge in [-0.3, -0.25) is 9.48 Å². The second-order valence-corrected chi connectivity index (χ2v) is 5.43. The van der Waals surface area contributed by atoms with Crippen LogP contribution in [0.1, 0.15) is 42.0 Å². The van der Waals surface area contributed by atoms with E-state index in [2.05, 4.69) is 15.2 Å². The van der Waals surface area contributed by atoms with Gasteiger partial charge in [0.05, 0.1) is 6.10 Å². The highest BCUT2D eigenvalue weighted by Crippen LogP contribution is 2.19. The van der Waals surface area contributed by atoms with E-state index < -0.39 is 12.7 Å². The van der Waals surface area contributed by atoms with Crippen LogP contribution in [0.2, 0.25) is 0 Å². The van der Waals surface area contributed by atoms with Crippen molar-refractivity contribution in [3.05, 3.63) is 47.8 Å². The number of aliphatic hydroxyl groups excluding tert-OH is 1. The fraction of sp³-hybridized carbons (Fsp3) is 0.375. The molecule has 2 N–H and O–H groups in total. The molecule has 6 nitrogen and oxygen atoms in total. The summed E-state index contributed by atoms with van der Waals surface area (Å²) in [5.41, 5.74) is 0.882. The van der Waals surface area contributed by atoms with E-state index >= 15 is 0 Å². The summed E-state index contributed by atoms with van der Waals surface area (Å²) in [7, 11) is 0. The third-order valence-corrected chi connectivity index (χ3v) is 3.34. The van der Waals surface area contributed by atoms with Gasteiger partial charge in [0.1, 0.15) is 11.4 Å². The second kappa shape index (κ2) is 7.87. The molecule has 2 aromatic rings. The molecule has 8 heteroatoms. The minimum Gasteiger partial charge on any atom is -0.435 e. The Hall–Kier alpha value is -2.48. The molecule has 1 heterocycles. The van der Waals surface area contributed by atoms with Crippen molar-refractivity contribution in [3.8, 4) is 5.75 Å². The highest BCUT2D eigenvalue weighted by atomic mass is 19.3. The highest BCUT2D eigenvalue weighted by molar-refractivity contribution is 5.92. The lowest BCUT2D eigenvalue weighted by molar-refractivity contribution is -0.0498. The van der Waals surface area contributed by atoms with Gasteiger partial charge in [-0.05, 0) is 37.6 Å². The van der Waals surface area contributed by atoms with Gasteiger partial charge in [0.25, 0.3) is 5.91 Å². The quantitative estimate of drug-likeness (QED) is 0.813. The van der Waals surface area contributed by atoms with Crippen molar-refractivity contribution in [2.75, 3.05) is 6.54 Å². The smallest absolute Gasteiger partial charge is 0.387 e. The first-order valence-corrected chi connectivity index (χ1v) is 7.43. The molecule has 24 heavy (non-hydrogen) atoms. The van der Waals surface area contributed by atoms with Crippen LogP contribution in [0, 0.1) is 0 Å². The minimum absolute atomic E-state index is 0.00539. The Morgan fingerprint density at radius 3 is 2.54 bits per heavy atom. The van der Waals surface area contributed by atoms with Crippen molar-refractivity contribution < 1.29 is 23.4 Å². The molecule has 0 radical (unpaired) electrons. The standard InChI is InChI=1S/C16H19F2N3O3/c1-10(2)21-13(7-8-20-21)15(23)19-9-14(22)11-3-5-12(6-4-11)24-16(17)18/h3-8,10,14,16,22H,9H2,1-2H3,(H,19,23). The number of carbonyl (C=O) groups excluding carboxylic acids is 1.